The average Bonchev–Trinajstić information content (AvgIpc) is 2.96. The summed E-state index contributed by atoms with van der Waals surface area (Å²) in [6, 6.07) is 6.94. The van der Waals surface area contributed by atoms with Gasteiger partial charge >= 0.3 is 5.97 Å². The maximum absolute atomic E-state index is 10.8. The van der Waals surface area contributed by atoms with Gasteiger partial charge in [0.25, 0.3) is 0 Å². The highest BCUT2D eigenvalue weighted by molar-refractivity contribution is 7.09. The van der Waals surface area contributed by atoms with Gasteiger partial charge in [0.05, 0.1) is 6.42 Å². The molecule has 5 nitrogen and oxygen atoms in total. The first kappa shape index (κ1) is 10.9. The number of pyridine rings is 1. The number of thiophene rings is 1. The summed E-state index contributed by atoms with van der Waals surface area (Å²) >= 11 is 1.62. The zero-order chi connectivity index (χ0) is 12.5. The van der Waals surface area contributed by atoms with Gasteiger partial charge in [-0.3, -0.25) is 0 Å². The Hall–Kier alpha value is -2.21. The fraction of sp³-hybridized carbons (Fsp3) is 0.0833. The number of hydrogen-bond acceptors (Lipinski definition) is 5. The molecule has 0 unspecified atom stereocenters. The number of rotatable bonds is 3. The van der Waals surface area contributed by atoms with Gasteiger partial charge in [-0.05, 0) is 23.6 Å². The van der Waals surface area contributed by atoms with E-state index in [-0.39, 0.29) is 5.69 Å². The molecule has 3 heterocycles. The predicted octanol–water partition coefficient (Wildman–Crippen LogP) is 2.57. The van der Waals surface area contributed by atoms with E-state index in [9.17, 15) is 4.79 Å². The molecule has 3 aromatic rings. The van der Waals surface area contributed by atoms with E-state index in [0.29, 0.717) is 23.5 Å². The number of hydrogen-bond donors (Lipinski definition) is 1. The van der Waals surface area contributed by atoms with E-state index in [0.717, 1.165) is 4.88 Å². The Morgan fingerprint density at radius 1 is 1.33 bits per heavy atom. The van der Waals surface area contributed by atoms with Crippen LogP contribution < -0.4 is 0 Å². The van der Waals surface area contributed by atoms with Crippen LogP contribution in [0.2, 0.25) is 0 Å². The van der Waals surface area contributed by atoms with Crippen LogP contribution in [0.25, 0.3) is 11.2 Å². The van der Waals surface area contributed by atoms with Crippen molar-refractivity contribution in [1.29, 1.82) is 0 Å². The zero-order valence-electron chi connectivity index (χ0n) is 9.16. The Morgan fingerprint density at radius 3 is 2.94 bits per heavy atom. The molecule has 6 heteroatoms. The van der Waals surface area contributed by atoms with Crippen molar-refractivity contribution in [2.45, 2.75) is 6.42 Å². The molecule has 0 fully saturated rings. The van der Waals surface area contributed by atoms with Gasteiger partial charge in [-0.15, -0.1) is 11.3 Å². The number of aromatic carboxylic acids is 1. The van der Waals surface area contributed by atoms with E-state index >= 15 is 0 Å². The van der Waals surface area contributed by atoms with Gasteiger partial charge in [-0.1, -0.05) is 6.07 Å². The van der Waals surface area contributed by atoms with Gasteiger partial charge in [0, 0.05) is 4.88 Å². The van der Waals surface area contributed by atoms with E-state index in [2.05, 4.69) is 9.97 Å². The molecule has 0 aliphatic heterocycles. The molecule has 0 amide bonds. The number of aromatic nitrogens is 2. The van der Waals surface area contributed by atoms with E-state index in [1.165, 1.54) is 6.07 Å². The second kappa shape index (κ2) is 4.23. The summed E-state index contributed by atoms with van der Waals surface area (Å²) in [6.07, 6.45) is 0.594. The van der Waals surface area contributed by atoms with Crippen LogP contribution in [0.1, 0.15) is 21.3 Å². The van der Waals surface area contributed by atoms with Gasteiger partial charge in [-0.25, -0.2) is 9.78 Å². The van der Waals surface area contributed by atoms with Crippen LogP contribution in [0.4, 0.5) is 0 Å². The van der Waals surface area contributed by atoms with Gasteiger partial charge < -0.3 is 9.52 Å². The first-order valence-corrected chi connectivity index (χ1v) is 6.12. The highest BCUT2D eigenvalue weighted by Crippen LogP contribution is 2.19. The van der Waals surface area contributed by atoms with Gasteiger partial charge in [0.2, 0.25) is 5.89 Å². The second-order valence-electron chi connectivity index (χ2n) is 3.69. The quantitative estimate of drug-likeness (QED) is 0.783. The third-order valence-electron chi connectivity index (χ3n) is 2.42. The maximum atomic E-state index is 10.8. The van der Waals surface area contributed by atoms with Crippen molar-refractivity contribution in [3.8, 4) is 0 Å². The molecule has 3 aromatic heterocycles. The summed E-state index contributed by atoms with van der Waals surface area (Å²) in [7, 11) is 0. The van der Waals surface area contributed by atoms with Crippen molar-refractivity contribution >= 4 is 28.5 Å². The highest BCUT2D eigenvalue weighted by Gasteiger charge is 2.11. The molecule has 0 aliphatic carbocycles. The molecule has 0 spiro atoms. The number of fused-ring (bicyclic) bond motifs is 1. The molecule has 0 saturated carbocycles. The van der Waals surface area contributed by atoms with E-state index < -0.39 is 5.97 Å². The Kier molecular flexibility index (Phi) is 2.56. The molecule has 18 heavy (non-hydrogen) atoms. The molecule has 90 valence electrons. The Balaban J connectivity index is 1.98. The highest BCUT2D eigenvalue weighted by atomic mass is 32.1. The maximum Gasteiger partial charge on any atom is 0.354 e. The molecular weight excluding hydrogens is 252 g/mol. The average molecular weight is 260 g/mol. The molecule has 3 rings (SSSR count). The first-order chi connectivity index (χ1) is 8.72. The monoisotopic (exact) mass is 260 g/mol. The lowest BCUT2D eigenvalue weighted by Crippen LogP contribution is -1.99. The van der Waals surface area contributed by atoms with Crippen LogP contribution in [0.15, 0.2) is 34.1 Å². The van der Waals surface area contributed by atoms with Crippen LogP contribution in [-0.4, -0.2) is 21.0 Å². The predicted molar refractivity (Wildman–Crippen MR) is 65.9 cm³/mol. The summed E-state index contributed by atoms with van der Waals surface area (Å²) in [4.78, 5) is 20.0. The molecule has 0 radical (unpaired) electrons. The molecule has 0 atom stereocenters. The Bertz CT molecular complexity index is 703. The lowest BCUT2D eigenvalue weighted by molar-refractivity contribution is 0.0691. The molecule has 1 N–H and O–H groups in total. The Labute approximate surface area is 106 Å². The molecular formula is C12H8N2O3S. The Morgan fingerprint density at radius 2 is 2.22 bits per heavy atom. The van der Waals surface area contributed by atoms with Crippen LogP contribution in [-0.2, 0) is 6.42 Å². The number of oxazole rings is 1. The summed E-state index contributed by atoms with van der Waals surface area (Å²) in [5.74, 6) is -0.526. The molecule has 0 saturated heterocycles. The van der Waals surface area contributed by atoms with Crippen molar-refractivity contribution in [1.82, 2.24) is 9.97 Å². The first-order valence-electron chi connectivity index (χ1n) is 5.24. The fourth-order valence-corrected chi connectivity index (χ4v) is 2.32. The van der Waals surface area contributed by atoms with Crippen molar-refractivity contribution < 1.29 is 14.3 Å². The summed E-state index contributed by atoms with van der Waals surface area (Å²) in [6.45, 7) is 0. The topological polar surface area (TPSA) is 76.2 Å². The largest absolute Gasteiger partial charge is 0.477 e. The summed E-state index contributed by atoms with van der Waals surface area (Å²) < 4.78 is 5.52. The number of carbonyl (C=O) groups is 1. The van der Waals surface area contributed by atoms with Gasteiger partial charge in [0.15, 0.2) is 16.9 Å². The number of carboxylic acid groups (broad SMARTS) is 1. The van der Waals surface area contributed by atoms with Gasteiger partial charge in [0.1, 0.15) is 0 Å². The molecule has 0 aliphatic rings. The zero-order valence-corrected chi connectivity index (χ0v) is 9.98. The van der Waals surface area contributed by atoms with E-state index in [1.807, 2.05) is 17.5 Å². The van der Waals surface area contributed by atoms with Crippen molar-refractivity contribution in [2.24, 2.45) is 0 Å². The molecule has 0 bridgehead atoms. The standard InChI is InChI=1S/C12H8N2O3S/c15-12(16)8-3-4-9-11(13-8)14-10(17-9)6-7-2-1-5-18-7/h1-5H,6H2,(H,15,16). The van der Waals surface area contributed by atoms with Gasteiger partial charge in [-0.2, -0.15) is 4.98 Å². The van der Waals surface area contributed by atoms with E-state index in [1.54, 1.807) is 17.4 Å². The smallest absolute Gasteiger partial charge is 0.354 e. The van der Waals surface area contributed by atoms with Crippen molar-refractivity contribution in [2.75, 3.05) is 0 Å². The fourth-order valence-electron chi connectivity index (χ4n) is 1.62. The minimum absolute atomic E-state index is 0.0292. The van der Waals surface area contributed by atoms with Crippen LogP contribution >= 0.6 is 11.3 Å². The second-order valence-corrected chi connectivity index (χ2v) is 4.72. The van der Waals surface area contributed by atoms with Crippen molar-refractivity contribution in [3.05, 3.63) is 46.1 Å². The van der Waals surface area contributed by atoms with Crippen molar-refractivity contribution in [3.63, 3.8) is 0 Å². The van der Waals surface area contributed by atoms with Crippen LogP contribution in [0, 0.1) is 0 Å². The summed E-state index contributed by atoms with van der Waals surface area (Å²) in [5.41, 5.74) is 0.812. The third kappa shape index (κ3) is 1.98. The summed E-state index contributed by atoms with van der Waals surface area (Å²) in [5, 5.41) is 10.8. The van der Waals surface area contributed by atoms with Crippen LogP contribution in [0.3, 0.4) is 0 Å². The SMILES string of the molecule is O=C(O)c1ccc2oc(Cc3cccs3)nc2n1. The number of nitrogens with zero attached hydrogens (tertiary/aromatic N) is 2. The third-order valence-corrected chi connectivity index (χ3v) is 3.30. The normalized spacial score (nSPS) is 10.9. The van der Waals surface area contributed by atoms with E-state index in [4.69, 9.17) is 9.52 Å². The minimum Gasteiger partial charge on any atom is -0.477 e. The molecule has 0 aromatic carbocycles. The number of carboxylic acids is 1. The minimum atomic E-state index is -1.07. The van der Waals surface area contributed by atoms with Crippen LogP contribution in [0.5, 0.6) is 0 Å². The lowest BCUT2D eigenvalue weighted by atomic mass is 10.3. The lowest BCUT2D eigenvalue weighted by Gasteiger charge is -1.90.